The molecule has 1 saturated heterocycles. The van der Waals surface area contributed by atoms with E-state index in [1.807, 2.05) is 11.3 Å². The largest absolute Gasteiger partial charge is 0.381 e. The Labute approximate surface area is 114 Å². The number of likely N-dealkylation sites (N-methyl/N-ethyl adjacent to an activating group) is 1. The molecule has 0 amide bonds. The fourth-order valence-electron chi connectivity index (χ4n) is 2.60. The molecular weight excluding hydrogens is 244 g/mol. The molecule has 0 aliphatic carbocycles. The monoisotopic (exact) mass is 268 g/mol. The molecule has 102 valence electrons. The third kappa shape index (κ3) is 3.53. The molecule has 0 spiro atoms. The van der Waals surface area contributed by atoms with Crippen molar-refractivity contribution in [1.29, 1.82) is 0 Å². The van der Waals surface area contributed by atoms with Crippen molar-refractivity contribution >= 4 is 11.3 Å². The lowest BCUT2D eigenvalue weighted by Crippen LogP contribution is -2.40. The summed E-state index contributed by atoms with van der Waals surface area (Å²) in [6, 6.07) is 0.559. The van der Waals surface area contributed by atoms with Crippen LogP contribution in [0.4, 0.5) is 0 Å². The quantitative estimate of drug-likeness (QED) is 0.891. The van der Waals surface area contributed by atoms with Gasteiger partial charge in [0.05, 0.1) is 10.7 Å². The van der Waals surface area contributed by atoms with Crippen LogP contribution in [0.25, 0.3) is 0 Å². The van der Waals surface area contributed by atoms with E-state index < -0.39 is 0 Å². The predicted molar refractivity (Wildman–Crippen MR) is 76.3 cm³/mol. The molecule has 1 fully saturated rings. The molecule has 0 radical (unpaired) electrons. The second kappa shape index (κ2) is 6.64. The standard InChI is InChI=1S/C14H24N2OS/c1-4-15-13(12-5-7-17-8-6-12)9-14-16-10(2)11(3)18-14/h12-13,15H,4-9H2,1-3H3. The molecule has 2 rings (SSSR count). The molecule has 1 N–H and O–H groups in total. The van der Waals surface area contributed by atoms with E-state index in [-0.39, 0.29) is 0 Å². The van der Waals surface area contributed by atoms with E-state index >= 15 is 0 Å². The third-order valence-electron chi connectivity index (χ3n) is 3.77. The van der Waals surface area contributed by atoms with Crippen LogP contribution >= 0.6 is 11.3 Å². The molecule has 0 aromatic carbocycles. The summed E-state index contributed by atoms with van der Waals surface area (Å²) in [7, 11) is 0. The lowest BCUT2D eigenvalue weighted by atomic mass is 9.90. The van der Waals surface area contributed by atoms with Crippen LogP contribution < -0.4 is 5.32 Å². The van der Waals surface area contributed by atoms with Crippen molar-refractivity contribution in [2.24, 2.45) is 5.92 Å². The lowest BCUT2D eigenvalue weighted by Gasteiger charge is -2.30. The van der Waals surface area contributed by atoms with Crippen LogP contribution in [-0.4, -0.2) is 30.8 Å². The second-order valence-electron chi connectivity index (χ2n) is 5.07. The van der Waals surface area contributed by atoms with Gasteiger partial charge >= 0.3 is 0 Å². The number of thiazole rings is 1. The van der Waals surface area contributed by atoms with Crippen molar-refractivity contribution in [2.45, 2.75) is 46.1 Å². The van der Waals surface area contributed by atoms with Crippen LogP contribution in [0.5, 0.6) is 0 Å². The van der Waals surface area contributed by atoms with Crippen molar-refractivity contribution in [3.05, 3.63) is 15.6 Å². The number of hydrogen-bond acceptors (Lipinski definition) is 4. The Bertz CT molecular complexity index is 352. The zero-order valence-corrected chi connectivity index (χ0v) is 12.5. The van der Waals surface area contributed by atoms with Crippen LogP contribution in [0.3, 0.4) is 0 Å². The smallest absolute Gasteiger partial charge is 0.0946 e. The third-order valence-corrected chi connectivity index (χ3v) is 4.86. The number of nitrogens with zero attached hydrogens (tertiary/aromatic N) is 1. The van der Waals surface area contributed by atoms with E-state index in [9.17, 15) is 0 Å². The highest BCUT2D eigenvalue weighted by Crippen LogP contribution is 2.24. The lowest BCUT2D eigenvalue weighted by molar-refractivity contribution is 0.0539. The minimum Gasteiger partial charge on any atom is -0.381 e. The molecule has 2 heterocycles. The van der Waals surface area contributed by atoms with Gasteiger partial charge in [-0.2, -0.15) is 0 Å². The number of nitrogens with one attached hydrogen (secondary N) is 1. The van der Waals surface area contributed by atoms with E-state index in [4.69, 9.17) is 4.74 Å². The van der Waals surface area contributed by atoms with Crippen LogP contribution in [0, 0.1) is 19.8 Å². The van der Waals surface area contributed by atoms with E-state index in [1.165, 1.54) is 28.4 Å². The fourth-order valence-corrected chi connectivity index (χ4v) is 3.59. The summed E-state index contributed by atoms with van der Waals surface area (Å²) in [5, 5.41) is 4.92. The van der Waals surface area contributed by atoms with Crippen molar-refractivity contribution in [3.8, 4) is 0 Å². The maximum absolute atomic E-state index is 5.46. The Hall–Kier alpha value is -0.450. The average Bonchev–Trinajstić information content (AvgIpc) is 2.69. The highest BCUT2D eigenvalue weighted by Gasteiger charge is 2.24. The minimum absolute atomic E-state index is 0.559. The van der Waals surface area contributed by atoms with Gasteiger partial charge in [-0.15, -0.1) is 11.3 Å². The Morgan fingerprint density at radius 1 is 1.39 bits per heavy atom. The molecule has 1 atom stereocenters. The average molecular weight is 268 g/mol. The Morgan fingerprint density at radius 3 is 2.67 bits per heavy atom. The van der Waals surface area contributed by atoms with Gasteiger partial charge in [-0.05, 0) is 39.2 Å². The topological polar surface area (TPSA) is 34.2 Å². The van der Waals surface area contributed by atoms with Gasteiger partial charge < -0.3 is 10.1 Å². The molecule has 4 heteroatoms. The summed E-state index contributed by atoms with van der Waals surface area (Å²) >= 11 is 1.85. The van der Waals surface area contributed by atoms with Crippen molar-refractivity contribution in [2.75, 3.05) is 19.8 Å². The van der Waals surface area contributed by atoms with Gasteiger partial charge in [0.1, 0.15) is 0 Å². The molecule has 3 nitrogen and oxygen atoms in total. The molecule has 1 aliphatic rings. The van der Waals surface area contributed by atoms with Crippen LogP contribution in [0.1, 0.15) is 35.3 Å². The number of hydrogen-bond donors (Lipinski definition) is 1. The van der Waals surface area contributed by atoms with Crippen LogP contribution in [0.2, 0.25) is 0 Å². The van der Waals surface area contributed by atoms with Gasteiger partial charge in [0, 0.05) is 30.6 Å². The SMILES string of the molecule is CCNC(Cc1nc(C)c(C)s1)C1CCOCC1. The Kier molecular flexibility index (Phi) is 5.15. The maximum atomic E-state index is 5.46. The van der Waals surface area contributed by atoms with Gasteiger partial charge in [-0.25, -0.2) is 4.98 Å². The molecule has 1 aromatic rings. The summed E-state index contributed by atoms with van der Waals surface area (Å²) < 4.78 is 5.46. The summed E-state index contributed by atoms with van der Waals surface area (Å²) in [6.45, 7) is 9.32. The molecular formula is C14H24N2OS. The van der Waals surface area contributed by atoms with Gasteiger partial charge in [-0.3, -0.25) is 0 Å². The minimum atomic E-state index is 0.559. The molecule has 1 aliphatic heterocycles. The number of aryl methyl sites for hydroxylation is 2. The van der Waals surface area contributed by atoms with E-state index in [1.54, 1.807) is 0 Å². The number of ether oxygens (including phenoxy) is 1. The first-order valence-corrected chi connectivity index (χ1v) is 7.76. The first-order valence-electron chi connectivity index (χ1n) is 6.94. The highest BCUT2D eigenvalue weighted by molar-refractivity contribution is 7.11. The molecule has 0 saturated carbocycles. The predicted octanol–water partition coefficient (Wildman–Crippen LogP) is 2.71. The van der Waals surface area contributed by atoms with Crippen LogP contribution in [0.15, 0.2) is 0 Å². The van der Waals surface area contributed by atoms with Gasteiger partial charge in [-0.1, -0.05) is 6.92 Å². The fraction of sp³-hybridized carbons (Fsp3) is 0.786. The van der Waals surface area contributed by atoms with Crippen molar-refractivity contribution in [1.82, 2.24) is 10.3 Å². The van der Waals surface area contributed by atoms with E-state index in [0.29, 0.717) is 6.04 Å². The highest BCUT2D eigenvalue weighted by atomic mass is 32.1. The molecule has 1 unspecified atom stereocenters. The summed E-state index contributed by atoms with van der Waals surface area (Å²) in [5.74, 6) is 0.739. The number of aromatic nitrogens is 1. The Morgan fingerprint density at radius 2 is 2.11 bits per heavy atom. The maximum Gasteiger partial charge on any atom is 0.0946 e. The first kappa shape index (κ1) is 14.0. The molecule has 1 aromatic heterocycles. The molecule has 0 bridgehead atoms. The zero-order valence-electron chi connectivity index (χ0n) is 11.7. The number of rotatable bonds is 5. The summed E-state index contributed by atoms with van der Waals surface area (Å²) in [5.41, 5.74) is 1.19. The Balaban J connectivity index is 2.00. The summed E-state index contributed by atoms with van der Waals surface area (Å²) in [4.78, 5) is 6.03. The first-order chi connectivity index (χ1) is 8.70. The van der Waals surface area contributed by atoms with Crippen molar-refractivity contribution in [3.63, 3.8) is 0 Å². The second-order valence-corrected chi connectivity index (χ2v) is 6.36. The van der Waals surface area contributed by atoms with Gasteiger partial charge in [0.2, 0.25) is 0 Å². The van der Waals surface area contributed by atoms with E-state index in [0.717, 1.165) is 32.1 Å². The van der Waals surface area contributed by atoms with Gasteiger partial charge in [0.15, 0.2) is 0 Å². The normalized spacial score (nSPS) is 19.1. The zero-order chi connectivity index (χ0) is 13.0. The van der Waals surface area contributed by atoms with E-state index in [2.05, 4.69) is 31.1 Å². The van der Waals surface area contributed by atoms with Crippen molar-refractivity contribution < 1.29 is 4.74 Å². The van der Waals surface area contributed by atoms with Gasteiger partial charge in [0.25, 0.3) is 0 Å². The van der Waals surface area contributed by atoms with Crippen LogP contribution in [-0.2, 0) is 11.2 Å². The summed E-state index contributed by atoms with van der Waals surface area (Å²) in [6.07, 6.45) is 3.43. The molecule has 18 heavy (non-hydrogen) atoms.